The predicted octanol–water partition coefficient (Wildman–Crippen LogP) is 0.505. The number of nitrogens with one attached hydrogen (secondary N) is 1. The number of nitrogens with two attached hydrogens (primary N) is 1. The minimum Gasteiger partial charge on any atom is -0.397 e. The molecule has 0 amide bonds. The zero-order valence-electron chi connectivity index (χ0n) is 6.24. The molecule has 1 aromatic heterocycles. The molecule has 0 radical (unpaired) electrons. The summed E-state index contributed by atoms with van der Waals surface area (Å²) in [6.45, 7) is 0. The maximum atomic E-state index is 10.8. The van der Waals surface area contributed by atoms with Crippen molar-refractivity contribution in [3.05, 3.63) is 34.7 Å². The number of aromatic nitrogens is 2. The summed E-state index contributed by atoms with van der Waals surface area (Å²) in [5.41, 5.74) is 7.29. The molecule has 1 aromatic carbocycles. The molecule has 0 fully saturated rings. The fourth-order valence-electron chi connectivity index (χ4n) is 1.09. The van der Waals surface area contributed by atoms with Crippen molar-refractivity contribution in [2.75, 3.05) is 5.73 Å². The molecule has 0 aliphatic heterocycles. The quantitative estimate of drug-likeness (QED) is 0.553. The highest BCUT2D eigenvalue weighted by Gasteiger charge is 1.97. The number of rotatable bonds is 0. The zero-order valence-corrected chi connectivity index (χ0v) is 6.24. The maximum absolute atomic E-state index is 10.8. The van der Waals surface area contributed by atoms with E-state index in [1.165, 1.54) is 6.20 Å². The van der Waals surface area contributed by atoms with Gasteiger partial charge in [-0.3, -0.25) is 4.79 Å². The molecule has 0 bridgehead atoms. The van der Waals surface area contributed by atoms with Crippen LogP contribution in [-0.2, 0) is 0 Å². The molecule has 0 saturated heterocycles. The van der Waals surface area contributed by atoms with E-state index in [4.69, 9.17) is 5.73 Å². The lowest BCUT2D eigenvalue weighted by atomic mass is 10.2. The van der Waals surface area contributed by atoms with Gasteiger partial charge in [0, 0.05) is 0 Å². The molecule has 0 saturated carbocycles. The van der Waals surface area contributed by atoms with E-state index >= 15 is 0 Å². The fraction of sp³-hybridized carbons (Fsp3) is 0. The number of hydrogen-bond acceptors (Lipinski definition) is 3. The zero-order chi connectivity index (χ0) is 8.55. The SMILES string of the molecule is Nc1cccc2[nH]c(=O)cnc12. The van der Waals surface area contributed by atoms with E-state index in [2.05, 4.69) is 9.97 Å². The summed E-state index contributed by atoms with van der Waals surface area (Å²) < 4.78 is 0. The lowest BCUT2D eigenvalue weighted by Gasteiger charge is -1.97. The van der Waals surface area contributed by atoms with Crippen molar-refractivity contribution >= 4 is 16.7 Å². The number of anilines is 1. The number of para-hydroxylation sites is 1. The van der Waals surface area contributed by atoms with E-state index in [9.17, 15) is 4.79 Å². The molecule has 2 aromatic rings. The van der Waals surface area contributed by atoms with Crippen molar-refractivity contribution in [1.29, 1.82) is 0 Å². The van der Waals surface area contributed by atoms with Gasteiger partial charge in [-0.25, -0.2) is 4.98 Å². The van der Waals surface area contributed by atoms with Gasteiger partial charge in [0.2, 0.25) is 0 Å². The van der Waals surface area contributed by atoms with E-state index in [0.717, 1.165) is 0 Å². The fourth-order valence-corrected chi connectivity index (χ4v) is 1.09. The van der Waals surface area contributed by atoms with Gasteiger partial charge in [0.1, 0.15) is 5.52 Å². The van der Waals surface area contributed by atoms with E-state index in [1.807, 2.05) is 0 Å². The van der Waals surface area contributed by atoms with Gasteiger partial charge in [-0.1, -0.05) is 6.07 Å². The lowest BCUT2D eigenvalue weighted by molar-refractivity contribution is 1.22. The first-order valence-corrected chi connectivity index (χ1v) is 3.51. The van der Waals surface area contributed by atoms with Crippen LogP contribution in [0, 0.1) is 0 Å². The molecule has 0 aliphatic rings. The van der Waals surface area contributed by atoms with Crippen molar-refractivity contribution in [2.45, 2.75) is 0 Å². The molecule has 12 heavy (non-hydrogen) atoms. The standard InChI is InChI=1S/C8H7N3O/c9-5-2-1-3-6-8(5)10-4-7(12)11-6/h1-4H,9H2,(H,11,12). The molecular formula is C8H7N3O. The predicted molar refractivity (Wildman–Crippen MR) is 46.8 cm³/mol. The molecular weight excluding hydrogens is 154 g/mol. The summed E-state index contributed by atoms with van der Waals surface area (Å²) in [4.78, 5) is 17.4. The Balaban J connectivity index is 2.96. The first-order chi connectivity index (χ1) is 5.77. The van der Waals surface area contributed by atoms with Crippen molar-refractivity contribution in [1.82, 2.24) is 9.97 Å². The number of aromatic amines is 1. The van der Waals surface area contributed by atoms with Crippen LogP contribution >= 0.6 is 0 Å². The highest BCUT2D eigenvalue weighted by atomic mass is 16.1. The molecule has 3 N–H and O–H groups in total. The van der Waals surface area contributed by atoms with Gasteiger partial charge in [-0.05, 0) is 12.1 Å². The largest absolute Gasteiger partial charge is 0.397 e. The molecule has 2 rings (SSSR count). The van der Waals surface area contributed by atoms with Gasteiger partial charge >= 0.3 is 0 Å². The average Bonchev–Trinajstić information content (AvgIpc) is 2.04. The topological polar surface area (TPSA) is 71.8 Å². The third-order valence-electron chi connectivity index (χ3n) is 1.64. The summed E-state index contributed by atoms with van der Waals surface area (Å²) in [7, 11) is 0. The highest BCUT2D eigenvalue weighted by molar-refractivity contribution is 5.85. The van der Waals surface area contributed by atoms with E-state index in [0.29, 0.717) is 16.7 Å². The Hall–Kier alpha value is -1.84. The molecule has 4 nitrogen and oxygen atoms in total. The third-order valence-corrected chi connectivity index (χ3v) is 1.64. The molecule has 0 spiro atoms. The van der Waals surface area contributed by atoms with Crippen LogP contribution in [0.2, 0.25) is 0 Å². The Morgan fingerprint density at radius 2 is 2.25 bits per heavy atom. The summed E-state index contributed by atoms with van der Waals surface area (Å²) in [5, 5.41) is 0. The maximum Gasteiger partial charge on any atom is 0.266 e. The molecule has 1 heterocycles. The van der Waals surface area contributed by atoms with Crippen LogP contribution < -0.4 is 11.3 Å². The van der Waals surface area contributed by atoms with Crippen LogP contribution in [0.5, 0.6) is 0 Å². The van der Waals surface area contributed by atoms with E-state index < -0.39 is 0 Å². The van der Waals surface area contributed by atoms with E-state index in [-0.39, 0.29) is 5.56 Å². The van der Waals surface area contributed by atoms with Crippen LogP contribution in [0.25, 0.3) is 11.0 Å². The first kappa shape index (κ1) is 6.84. The highest BCUT2D eigenvalue weighted by Crippen LogP contribution is 2.13. The minimum absolute atomic E-state index is 0.215. The summed E-state index contributed by atoms with van der Waals surface area (Å²) in [6.07, 6.45) is 1.22. The molecule has 4 heteroatoms. The van der Waals surface area contributed by atoms with E-state index in [1.54, 1.807) is 18.2 Å². The van der Waals surface area contributed by atoms with Crippen LogP contribution in [0.1, 0.15) is 0 Å². The van der Waals surface area contributed by atoms with Crippen LogP contribution in [0.15, 0.2) is 29.2 Å². The number of fused-ring (bicyclic) bond motifs is 1. The van der Waals surface area contributed by atoms with Gasteiger partial charge in [0.05, 0.1) is 17.4 Å². The summed E-state index contributed by atoms with van der Waals surface area (Å²) in [6, 6.07) is 5.28. The Labute approximate surface area is 68.1 Å². The van der Waals surface area contributed by atoms with Gasteiger partial charge in [0.25, 0.3) is 5.56 Å². The third kappa shape index (κ3) is 0.934. The van der Waals surface area contributed by atoms with Crippen molar-refractivity contribution in [2.24, 2.45) is 0 Å². The number of benzene rings is 1. The van der Waals surface area contributed by atoms with Crippen LogP contribution in [0.4, 0.5) is 5.69 Å². The van der Waals surface area contributed by atoms with Gasteiger partial charge in [0.15, 0.2) is 0 Å². The molecule has 60 valence electrons. The van der Waals surface area contributed by atoms with Crippen molar-refractivity contribution in [3.8, 4) is 0 Å². The Bertz CT molecular complexity index is 475. The average molecular weight is 161 g/mol. The number of nitrogens with zero attached hydrogens (tertiary/aromatic N) is 1. The summed E-state index contributed by atoms with van der Waals surface area (Å²) in [5.74, 6) is 0. The Morgan fingerprint density at radius 3 is 3.08 bits per heavy atom. The second-order valence-corrected chi connectivity index (χ2v) is 2.49. The smallest absolute Gasteiger partial charge is 0.266 e. The molecule has 0 unspecified atom stereocenters. The van der Waals surface area contributed by atoms with Gasteiger partial charge in [-0.15, -0.1) is 0 Å². The monoisotopic (exact) mass is 161 g/mol. The van der Waals surface area contributed by atoms with Crippen molar-refractivity contribution in [3.63, 3.8) is 0 Å². The normalized spacial score (nSPS) is 10.3. The second kappa shape index (κ2) is 2.34. The van der Waals surface area contributed by atoms with Crippen LogP contribution in [-0.4, -0.2) is 9.97 Å². The number of H-pyrrole nitrogens is 1. The molecule has 0 atom stereocenters. The van der Waals surface area contributed by atoms with Crippen LogP contribution in [0.3, 0.4) is 0 Å². The second-order valence-electron chi connectivity index (χ2n) is 2.49. The van der Waals surface area contributed by atoms with Gasteiger partial charge in [-0.2, -0.15) is 0 Å². The Kier molecular flexibility index (Phi) is 1.33. The lowest BCUT2D eigenvalue weighted by Crippen LogP contribution is -2.05. The first-order valence-electron chi connectivity index (χ1n) is 3.51. The Morgan fingerprint density at radius 1 is 1.42 bits per heavy atom. The number of hydrogen-bond donors (Lipinski definition) is 2. The summed E-state index contributed by atoms with van der Waals surface area (Å²) >= 11 is 0. The molecule has 0 aliphatic carbocycles. The van der Waals surface area contributed by atoms with Gasteiger partial charge < -0.3 is 10.7 Å². The minimum atomic E-state index is -0.215. The number of nitrogen functional groups attached to an aromatic ring is 1. The van der Waals surface area contributed by atoms with Crippen molar-refractivity contribution < 1.29 is 0 Å².